The SMILES string of the molecule is [N-]=[N+]=NCc1cc2cocc(Cl)c-2c1. The molecule has 0 spiro atoms. The third-order valence-corrected chi connectivity index (χ3v) is 2.21. The Balaban J connectivity index is 2.46. The Morgan fingerprint density at radius 3 is 3.00 bits per heavy atom. The molecule has 0 radical (unpaired) electrons. The average molecular weight is 208 g/mol. The van der Waals surface area contributed by atoms with E-state index in [9.17, 15) is 0 Å². The molecule has 0 unspecified atom stereocenters. The molecule has 0 aromatic rings. The van der Waals surface area contributed by atoms with Crippen LogP contribution >= 0.6 is 11.6 Å². The molecule has 0 fully saturated rings. The van der Waals surface area contributed by atoms with Gasteiger partial charge in [0.25, 0.3) is 0 Å². The van der Waals surface area contributed by atoms with Crippen molar-refractivity contribution in [3.8, 4) is 11.1 Å². The minimum Gasteiger partial charge on any atom is -0.470 e. The topological polar surface area (TPSA) is 61.9 Å². The maximum atomic E-state index is 8.17. The van der Waals surface area contributed by atoms with Crippen molar-refractivity contribution in [3.63, 3.8) is 0 Å². The molecular formula is C9H6ClN3O. The minimum absolute atomic E-state index is 0.335. The van der Waals surface area contributed by atoms with Gasteiger partial charge < -0.3 is 4.42 Å². The second kappa shape index (κ2) is 3.62. The molecule has 0 saturated carbocycles. The van der Waals surface area contributed by atoms with Crippen molar-refractivity contribution in [1.82, 2.24) is 0 Å². The first-order valence-corrected chi connectivity index (χ1v) is 4.34. The van der Waals surface area contributed by atoms with Gasteiger partial charge in [-0.2, -0.15) is 0 Å². The van der Waals surface area contributed by atoms with Gasteiger partial charge in [0.1, 0.15) is 6.26 Å². The van der Waals surface area contributed by atoms with Crippen LogP contribution in [0.2, 0.25) is 5.02 Å². The van der Waals surface area contributed by atoms with E-state index in [4.69, 9.17) is 21.5 Å². The fraction of sp³-hybridized carbons (Fsp3) is 0.111. The first-order valence-electron chi connectivity index (χ1n) is 3.96. The molecule has 0 aromatic carbocycles. The van der Waals surface area contributed by atoms with E-state index in [0.717, 1.165) is 16.7 Å². The molecule has 14 heavy (non-hydrogen) atoms. The molecule has 2 aliphatic rings. The molecule has 1 aliphatic carbocycles. The summed E-state index contributed by atoms with van der Waals surface area (Å²) in [6.07, 6.45) is 3.09. The third kappa shape index (κ3) is 1.53. The molecule has 0 amide bonds. The van der Waals surface area contributed by atoms with Crippen LogP contribution in [-0.4, -0.2) is 0 Å². The molecule has 1 heterocycles. The Morgan fingerprint density at radius 1 is 1.43 bits per heavy atom. The van der Waals surface area contributed by atoms with Gasteiger partial charge in [-0.3, -0.25) is 0 Å². The molecule has 0 N–H and O–H groups in total. The van der Waals surface area contributed by atoms with Crippen LogP contribution in [0.15, 0.2) is 34.2 Å². The Labute approximate surface area is 85.1 Å². The smallest absolute Gasteiger partial charge is 0.109 e. The first kappa shape index (κ1) is 8.94. The van der Waals surface area contributed by atoms with Crippen LogP contribution in [0.4, 0.5) is 0 Å². The molecule has 0 bridgehead atoms. The highest BCUT2D eigenvalue weighted by Gasteiger charge is 2.10. The summed E-state index contributed by atoms with van der Waals surface area (Å²) >= 11 is 5.91. The van der Waals surface area contributed by atoms with Gasteiger partial charge >= 0.3 is 0 Å². The molecule has 0 saturated heterocycles. The van der Waals surface area contributed by atoms with Gasteiger partial charge in [-0.05, 0) is 23.2 Å². The highest BCUT2D eigenvalue weighted by atomic mass is 35.5. The van der Waals surface area contributed by atoms with E-state index < -0.39 is 0 Å². The van der Waals surface area contributed by atoms with Gasteiger partial charge in [-0.25, -0.2) is 0 Å². The molecule has 0 aromatic heterocycles. The predicted octanol–water partition coefficient (Wildman–Crippen LogP) is 3.85. The molecule has 70 valence electrons. The molecular weight excluding hydrogens is 202 g/mol. The highest BCUT2D eigenvalue weighted by molar-refractivity contribution is 6.33. The van der Waals surface area contributed by atoms with E-state index in [1.165, 1.54) is 6.26 Å². The second-order valence-electron chi connectivity index (χ2n) is 2.84. The lowest BCUT2D eigenvalue weighted by Crippen LogP contribution is -1.72. The summed E-state index contributed by atoms with van der Waals surface area (Å²) in [4.78, 5) is 2.69. The van der Waals surface area contributed by atoms with Gasteiger partial charge in [0.2, 0.25) is 0 Å². The second-order valence-corrected chi connectivity index (χ2v) is 3.25. The third-order valence-electron chi connectivity index (χ3n) is 1.92. The van der Waals surface area contributed by atoms with E-state index in [1.807, 2.05) is 12.1 Å². The molecule has 4 nitrogen and oxygen atoms in total. The first-order chi connectivity index (χ1) is 6.81. The van der Waals surface area contributed by atoms with Crippen LogP contribution < -0.4 is 0 Å². The van der Waals surface area contributed by atoms with Crippen LogP contribution in [-0.2, 0) is 6.54 Å². The summed E-state index contributed by atoms with van der Waals surface area (Å²) in [5.74, 6) is 0. The predicted molar refractivity (Wildman–Crippen MR) is 53.2 cm³/mol. The summed E-state index contributed by atoms with van der Waals surface area (Å²) < 4.78 is 5.00. The number of nitrogens with zero attached hydrogens (tertiary/aromatic N) is 3. The Bertz CT molecular complexity index is 473. The summed E-state index contributed by atoms with van der Waals surface area (Å²) in [7, 11) is 0. The number of azide groups is 1. The fourth-order valence-electron chi connectivity index (χ4n) is 1.33. The number of hydrogen-bond acceptors (Lipinski definition) is 2. The quantitative estimate of drug-likeness (QED) is 0.419. The van der Waals surface area contributed by atoms with Gasteiger partial charge in [-0.1, -0.05) is 16.7 Å². The lowest BCUT2D eigenvalue weighted by molar-refractivity contribution is 0.552. The van der Waals surface area contributed by atoms with Crippen molar-refractivity contribution in [1.29, 1.82) is 0 Å². The van der Waals surface area contributed by atoms with Crippen molar-refractivity contribution in [2.45, 2.75) is 6.54 Å². The zero-order chi connectivity index (χ0) is 9.97. The van der Waals surface area contributed by atoms with Crippen molar-refractivity contribution in [3.05, 3.63) is 45.7 Å². The van der Waals surface area contributed by atoms with E-state index in [1.54, 1.807) is 6.26 Å². The van der Waals surface area contributed by atoms with Crippen molar-refractivity contribution < 1.29 is 4.42 Å². The summed E-state index contributed by atoms with van der Waals surface area (Å²) in [6, 6.07) is 3.78. The molecule has 0 atom stereocenters. The van der Waals surface area contributed by atoms with Crippen molar-refractivity contribution >= 4 is 11.6 Å². The van der Waals surface area contributed by atoms with Crippen LogP contribution in [0.25, 0.3) is 21.6 Å². The molecule has 5 heteroatoms. The molecule has 2 rings (SSSR count). The standard InChI is InChI=1S/C9H6ClN3O/c10-9-5-14-4-7-1-6(2-8(7)9)3-12-13-11/h1-2,4-5H,3H2. The normalized spacial score (nSPS) is 10.1. The van der Waals surface area contributed by atoms with Crippen LogP contribution in [0.3, 0.4) is 0 Å². The van der Waals surface area contributed by atoms with Crippen LogP contribution in [0.5, 0.6) is 0 Å². The van der Waals surface area contributed by atoms with E-state index in [-0.39, 0.29) is 0 Å². The maximum Gasteiger partial charge on any atom is 0.109 e. The number of halogens is 1. The summed E-state index contributed by atoms with van der Waals surface area (Å²) in [6.45, 7) is 0.335. The summed E-state index contributed by atoms with van der Waals surface area (Å²) in [5.41, 5.74) is 10.9. The lowest BCUT2D eigenvalue weighted by atomic mass is 10.2. The number of rotatable bonds is 2. The van der Waals surface area contributed by atoms with Gasteiger partial charge in [0.15, 0.2) is 0 Å². The number of hydrogen-bond donors (Lipinski definition) is 0. The Kier molecular flexibility index (Phi) is 2.31. The van der Waals surface area contributed by atoms with Crippen LogP contribution in [0.1, 0.15) is 5.56 Å². The van der Waals surface area contributed by atoms with Gasteiger partial charge in [0.05, 0.1) is 17.8 Å². The van der Waals surface area contributed by atoms with Crippen LogP contribution in [0, 0.1) is 0 Å². The van der Waals surface area contributed by atoms with E-state index in [2.05, 4.69) is 10.0 Å². The van der Waals surface area contributed by atoms with E-state index >= 15 is 0 Å². The maximum absolute atomic E-state index is 8.17. The zero-order valence-corrected chi connectivity index (χ0v) is 7.90. The summed E-state index contributed by atoms with van der Waals surface area (Å²) in [5, 5.41) is 4.04. The van der Waals surface area contributed by atoms with E-state index in [0.29, 0.717) is 11.6 Å². The Hall–Kier alpha value is -1.64. The minimum atomic E-state index is 0.335. The van der Waals surface area contributed by atoms with Gasteiger partial charge in [0, 0.05) is 16.0 Å². The van der Waals surface area contributed by atoms with Gasteiger partial charge in [-0.15, -0.1) is 0 Å². The monoisotopic (exact) mass is 207 g/mol. The largest absolute Gasteiger partial charge is 0.470 e. The number of fused-ring (bicyclic) bond motifs is 1. The van der Waals surface area contributed by atoms with Crippen molar-refractivity contribution in [2.75, 3.05) is 0 Å². The average Bonchev–Trinajstić information content (AvgIpc) is 2.59. The molecule has 1 aliphatic heterocycles. The Morgan fingerprint density at radius 2 is 2.29 bits per heavy atom. The van der Waals surface area contributed by atoms with Crippen molar-refractivity contribution in [2.24, 2.45) is 5.11 Å². The fourth-order valence-corrected chi connectivity index (χ4v) is 1.54. The highest BCUT2D eigenvalue weighted by Crippen LogP contribution is 2.32. The zero-order valence-electron chi connectivity index (χ0n) is 7.14. The lowest BCUT2D eigenvalue weighted by Gasteiger charge is -1.97.